The van der Waals surface area contributed by atoms with Gasteiger partial charge < -0.3 is 15.0 Å². The normalized spacial score (nSPS) is 16.5. The average Bonchev–Trinajstić information content (AvgIpc) is 2.84. The van der Waals surface area contributed by atoms with E-state index < -0.39 is 0 Å². The Morgan fingerprint density at radius 2 is 1.97 bits per heavy atom. The maximum absolute atomic E-state index is 13.0. The lowest BCUT2D eigenvalue weighted by Crippen LogP contribution is -2.48. The van der Waals surface area contributed by atoms with Crippen molar-refractivity contribution in [2.45, 2.75) is 19.5 Å². The van der Waals surface area contributed by atoms with Crippen molar-refractivity contribution in [2.75, 3.05) is 38.7 Å². The number of nitrogens with zero attached hydrogens (tertiary/aromatic N) is 3. The molecule has 1 aromatic heterocycles. The van der Waals surface area contributed by atoms with Crippen LogP contribution in [0.15, 0.2) is 66.9 Å². The van der Waals surface area contributed by atoms with E-state index in [0.29, 0.717) is 11.7 Å². The summed E-state index contributed by atoms with van der Waals surface area (Å²) in [6.45, 7) is 6.28. The van der Waals surface area contributed by atoms with Crippen LogP contribution in [0.4, 0.5) is 5.69 Å². The van der Waals surface area contributed by atoms with Crippen molar-refractivity contribution in [1.82, 2.24) is 15.2 Å². The molecule has 0 spiro atoms. The summed E-state index contributed by atoms with van der Waals surface area (Å²) >= 11 is 0. The molecule has 32 heavy (non-hydrogen) atoms. The van der Waals surface area contributed by atoms with Crippen LogP contribution < -0.4 is 15.0 Å². The lowest BCUT2D eigenvalue weighted by atomic mass is 10.1. The number of nitrogens with one attached hydrogen (secondary N) is 1. The highest BCUT2D eigenvalue weighted by atomic mass is 16.5. The number of carbonyl (C=O) groups is 1. The highest BCUT2D eigenvalue weighted by molar-refractivity contribution is 6.04. The molecule has 1 saturated heterocycles. The summed E-state index contributed by atoms with van der Waals surface area (Å²) in [5, 5.41) is 3.47. The van der Waals surface area contributed by atoms with Crippen molar-refractivity contribution in [3.05, 3.63) is 78.1 Å². The Morgan fingerprint density at radius 1 is 1.16 bits per heavy atom. The molecule has 4 rings (SSSR count). The Labute approximate surface area is 189 Å². The second kappa shape index (κ2) is 9.94. The monoisotopic (exact) mass is 430 g/mol. The van der Waals surface area contributed by atoms with Crippen LogP contribution >= 0.6 is 0 Å². The van der Waals surface area contributed by atoms with Crippen LogP contribution in [-0.4, -0.2) is 55.6 Å². The van der Waals surface area contributed by atoms with Crippen molar-refractivity contribution in [3.8, 4) is 16.9 Å². The topological polar surface area (TPSA) is 57.7 Å². The number of pyridine rings is 1. The standard InChI is InChI=1S/C26H30N4O2/c1-19-17-30(14-13-27-19)18-20-7-10-23(11-8-20)29(2)26(31)25-12-9-22(16-28-25)21-5-4-6-24(15-21)32-3/h4-12,15-16,19,27H,13-14,17-18H2,1-3H3/t19-/m0/s1. The molecule has 6 heteroatoms. The number of hydrogen-bond donors (Lipinski definition) is 1. The van der Waals surface area contributed by atoms with E-state index in [2.05, 4.69) is 34.3 Å². The number of ether oxygens (including phenoxy) is 1. The van der Waals surface area contributed by atoms with Gasteiger partial charge in [0.1, 0.15) is 11.4 Å². The lowest BCUT2D eigenvalue weighted by molar-refractivity contribution is 0.0988. The van der Waals surface area contributed by atoms with Crippen molar-refractivity contribution in [1.29, 1.82) is 0 Å². The fourth-order valence-corrected chi connectivity index (χ4v) is 4.02. The van der Waals surface area contributed by atoms with Gasteiger partial charge in [-0.2, -0.15) is 0 Å². The van der Waals surface area contributed by atoms with E-state index in [1.165, 1.54) is 5.56 Å². The molecule has 0 unspecified atom stereocenters. The Hall–Kier alpha value is -3.22. The number of benzene rings is 2. The number of methoxy groups -OCH3 is 1. The van der Waals surface area contributed by atoms with Crippen LogP contribution in [0.25, 0.3) is 11.1 Å². The first-order chi connectivity index (χ1) is 15.5. The predicted octanol–water partition coefficient (Wildman–Crippen LogP) is 3.83. The van der Waals surface area contributed by atoms with Gasteiger partial charge in [0, 0.05) is 56.7 Å². The van der Waals surface area contributed by atoms with E-state index >= 15 is 0 Å². The van der Waals surface area contributed by atoms with Gasteiger partial charge in [-0.1, -0.05) is 30.3 Å². The van der Waals surface area contributed by atoms with Crippen LogP contribution in [-0.2, 0) is 6.54 Å². The molecule has 3 aromatic rings. The predicted molar refractivity (Wildman–Crippen MR) is 128 cm³/mol. The summed E-state index contributed by atoms with van der Waals surface area (Å²) in [5.74, 6) is 0.656. The molecule has 1 amide bonds. The fraction of sp³-hybridized carbons (Fsp3) is 0.308. The fourth-order valence-electron chi connectivity index (χ4n) is 4.02. The zero-order valence-electron chi connectivity index (χ0n) is 18.9. The third-order valence-electron chi connectivity index (χ3n) is 5.87. The molecule has 166 valence electrons. The van der Waals surface area contributed by atoms with Crippen molar-refractivity contribution in [2.24, 2.45) is 0 Å². The van der Waals surface area contributed by atoms with E-state index in [-0.39, 0.29) is 5.91 Å². The maximum atomic E-state index is 13.0. The van der Waals surface area contributed by atoms with Gasteiger partial charge in [0.25, 0.3) is 5.91 Å². The van der Waals surface area contributed by atoms with Crippen molar-refractivity contribution >= 4 is 11.6 Å². The molecule has 1 N–H and O–H groups in total. The third kappa shape index (κ3) is 5.15. The number of hydrogen-bond acceptors (Lipinski definition) is 5. The van der Waals surface area contributed by atoms with Crippen LogP contribution in [0, 0.1) is 0 Å². The Morgan fingerprint density at radius 3 is 2.66 bits per heavy atom. The van der Waals surface area contributed by atoms with E-state index in [0.717, 1.165) is 48.7 Å². The Balaban J connectivity index is 1.41. The number of piperazine rings is 1. The quantitative estimate of drug-likeness (QED) is 0.644. The highest BCUT2D eigenvalue weighted by Crippen LogP contribution is 2.24. The molecule has 1 aliphatic rings. The summed E-state index contributed by atoms with van der Waals surface area (Å²) in [4.78, 5) is 21.5. The summed E-state index contributed by atoms with van der Waals surface area (Å²) in [6, 6.07) is 20.2. The molecular weight excluding hydrogens is 400 g/mol. The van der Waals surface area contributed by atoms with Gasteiger partial charge in [-0.3, -0.25) is 14.7 Å². The van der Waals surface area contributed by atoms with E-state index in [4.69, 9.17) is 4.74 Å². The van der Waals surface area contributed by atoms with E-state index in [1.807, 2.05) is 42.5 Å². The largest absolute Gasteiger partial charge is 0.497 e. The van der Waals surface area contributed by atoms with Gasteiger partial charge in [-0.25, -0.2) is 0 Å². The Kier molecular flexibility index (Phi) is 6.83. The summed E-state index contributed by atoms with van der Waals surface area (Å²) < 4.78 is 5.29. The molecule has 1 fully saturated rings. The number of anilines is 1. The summed E-state index contributed by atoms with van der Waals surface area (Å²) in [5.41, 5.74) is 4.46. The number of aromatic nitrogens is 1. The minimum Gasteiger partial charge on any atom is -0.497 e. The second-order valence-electron chi connectivity index (χ2n) is 8.28. The number of amides is 1. The van der Waals surface area contributed by atoms with E-state index in [9.17, 15) is 4.79 Å². The number of carbonyl (C=O) groups excluding carboxylic acids is 1. The van der Waals surface area contributed by atoms with E-state index in [1.54, 1.807) is 31.3 Å². The zero-order valence-corrected chi connectivity index (χ0v) is 18.9. The smallest absolute Gasteiger partial charge is 0.276 e. The molecule has 0 radical (unpaired) electrons. The van der Waals surface area contributed by atoms with Gasteiger partial charge in [0.2, 0.25) is 0 Å². The van der Waals surface area contributed by atoms with Gasteiger partial charge in [0.15, 0.2) is 0 Å². The molecule has 0 saturated carbocycles. The summed E-state index contributed by atoms with van der Waals surface area (Å²) in [7, 11) is 3.43. The van der Waals surface area contributed by atoms with Crippen LogP contribution in [0.3, 0.4) is 0 Å². The molecule has 0 aliphatic carbocycles. The molecule has 2 heterocycles. The van der Waals surface area contributed by atoms with Crippen LogP contribution in [0.5, 0.6) is 5.75 Å². The maximum Gasteiger partial charge on any atom is 0.276 e. The third-order valence-corrected chi connectivity index (χ3v) is 5.87. The minimum atomic E-state index is -0.133. The Bertz CT molecular complexity index is 1050. The average molecular weight is 431 g/mol. The molecule has 1 aliphatic heterocycles. The summed E-state index contributed by atoms with van der Waals surface area (Å²) in [6.07, 6.45) is 1.73. The molecule has 0 bridgehead atoms. The number of rotatable bonds is 6. The lowest BCUT2D eigenvalue weighted by Gasteiger charge is -2.31. The second-order valence-corrected chi connectivity index (χ2v) is 8.28. The molecule has 6 nitrogen and oxygen atoms in total. The van der Waals surface area contributed by atoms with Crippen LogP contribution in [0.1, 0.15) is 23.0 Å². The van der Waals surface area contributed by atoms with Crippen LogP contribution in [0.2, 0.25) is 0 Å². The molecule has 2 aromatic carbocycles. The zero-order chi connectivity index (χ0) is 22.5. The van der Waals surface area contributed by atoms with Gasteiger partial charge in [-0.05, 0) is 48.4 Å². The minimum absolute atomic E-state index is 0.133. The first-order valence-electron chi connectivity index (χ1n) is 11.0. The first-order valence-corrected chi connectivity index (χ1v) is 11.0. The molecular formula is C26H30N4O2. The molecule has 1 atom stereocenters. The van der Waals surface area contributed by atoms with Crippen molar-refractivity contribution < 1.29 is 9.53 Å². The SMILES string of the molecule is COc1cccc(-c2ccc(C(=O)N(C)c3ccc(CN4CCN[C@@H](C)C4)cc3)nc2)c1. The van der Waals surface area contributed by atoms with Gasteiger partial charge in [-0.15, -0.1) is 0 Å². The van der Waals surface area contributed by atoms with Gasteiger partial charge in [0.05, 0.1) is 7.11 Å². The first kappa shape index (κ1) is 22.0. The highest BCUT2D eigenvalue weighted by Gasteiger charge is 2.17. The van der Waals surface area contributed by atoms with Gasteiger partial charge >= 0.3 is 0 Å². The van der Waals surface area contributed by atoms with Crippen molar-refractivity contribution in [3.63, 3.8) is 0 Å².